The number of fused-ring (bicyclic) bond motifs is 1. The predicted octanol–water partition coefficient (Wildman–Crippen LogP) is 5.03. The summed E-state index contributed by atoms with van der Waals surface area (Å²) in [6.07, 6.45) is 0. The van der Waals surface area contributed by atoms with Crippen molar-refractivity contribution in [3.8, 4) is 11.3 Å². The molecule has 4 nitrogen and oxygen atoms in total. The minimum Gasteiger partial charge on any atom is -0.366 e. The minimum absolute atomic E-state index is 0.00564. The molecule has 4 rings (SSSR count). The lowest BCUT2D eigenvalue weighted by Gasteiger charge is -2.20. The third kappa shape index (κ3) is 3.37. The molecule has 0 bridgehead atoms. The Hall–Kier alpha value is -3.79. The second kappa shape index (κ2) is 7.91. The van der Waals surface area contributed by atoms with Crippen molar-refractivity contribution in [3.05, 3.63) is 101 Å². The van der Waals surface area contributed by atoms with Crippen LogP contribution in [0.3, 0.4) is 0 Å². The summed E-state index contributed by atoms with van der Waals surface area (Å²) in [5.74, 6) is -1.04. The van der Waals surface area contributed by atoms with Gasteiger partial charge in [0.2, 0.25) is 5.91 Å². The number of benzene rings is 3. The monoisotopic (exact) mass is 394 g/mol. The van der Waals surface area contributed by atoms with Crippen LogP contribution in [0.1, 0.15) is 39.9 Å². The highest BCUT2D eigenvalue weighted by Crippen LogP contribution is 2.36. The number of pyridine rings is 1. The Morgan fingerprint density at radius 1 is 0.867 bits per heavy atom. The third-order valence-corrected chi connectivity index (χ3v) is 5.43. The summed E-state index contributed by atoms with van der Waals surface area (Å²) in [5.41, 5.74) is 10.9. The van der Waals surface area contributed by atoms with Crippen LogP contribution >= 0.6 is 0 Å². The van der Waals surface area contributed by atoms with Crippen molar-refractivity contribution in [1.82, 2.24) is 4.98 Å². The fourth-order valence-corrected chi connectivity index (χ4v) is 4.14. The largest absolute Gasteiger partial charge is 0.366 e. The molecule has 0 spiro atoms. The summed E-state index contributed by atoms with van der Waals surface area (Å²) in [5, 5.41) is 0.645. The lowest BCUT2D eigenvalue weighted by Crippen LogP contribution is -2.18. The van der Waals surface area contributed by atoms with Crippen LogP contribution in [0, 0.1) is 6.92 Å². The Morgan fingerprint density at radius 3 is 2.10 bits per heavy atom. The molecule has 3 aromatic carbocycles. The van der Waals surface area contributed by atoms with Gasteiger partial charge in [-0.15, -0.1) is 0 Å². The van der Waals surface area contributed by atoms with E-state index < -0.39 is 11.8 Å². The van der Waals surface area contributed by atoms with Gasteiger partial charge in [0.25, 0.3) is 0 Å². The van der Waals surface area contributed by atoms with Crippen LogP contribution < -0.4 is 5.73 Å². The van der Waals surface area contributed by atoms with Gasteiger partial charge in [-0.1, -0.05) is 72.8 Å². The summed E-state index contributed by atoms with van der Waals surface area (Å²) in [6, 6.07) is 24.9. The van der Waals surface area contributed by atoms with Crippen molar-refractivity contribution in [2.24, 2.45) is 5.73 Å². The van der Waals surface area contributed by atoms with Crippen molar-refractivity contribution < 1.29 is 9.59 Å². The van der Waals surface area contributed by atoms with Gasteiger partial charge in [0.15, 0.2) is 0 Å². The molecule has 1 atom stereocenters. The van der Waals surface area contributed by atoms with Gasteiger partial charge in [0.05, 0.1) is 22.7 Å². The summed E-state index contributed by atoms with van der Waals surface area (Å²) in [4.78, 5) is 30.2. The molecule has 0 aliphatic carbocycles. The number of carbonyl (C=O) groups is 2. The van der Waals surface area contributed by atoms with E-state index in [4.69, 9.17) is 10.7 Å². The van der Waals surface area contributed by atoms with Crippen molar-refractivity contribution in [2.75, 3.05) is 0 Å². The van der Waals surface area contributed by atoms with Gasteiger partial charge in [-0.2, -0.15) is 0 Å². The molecule has 0 fully saturated rings. The molecule has 0 radical (unpaired) electrons. The van der Waals surface area contributed by atoms with Crippen molar-refractivity contribution >= 4 is 22.6 Å². The normalized spacial score (nSPS) is 11.9. The summed E-state index contributed by atoms with van der Waals surface area (Å²) in [7, 11) is 0. The first-order chi connectivity index (χ1) is 14.5. The molecule has 1 amide bonds. The lowest BCUT2D eigenvalue weighted by atomic mass is 9.83. The number of aromatic nitrogens is 1. The molecule has 0 aliphatic heterocycles. The van der Waals surface area contributed by atoms with Crippen LogP contribution in [-0.4, -0.2) is 16.7 Å². The molecule has 1 heterocycles. The zero-order chi connectivity index (χ0) is 21.3. The maximum absolute atomic E-state index is 12.7. The SMILES string of the molecule is CC(=O)C(c1ccccc1)c1cccc2nc(-c3ccccc3)c(C)c(C(N)=O)c12. The number of rotatable bonds is 5. The highest BCUT2D eigenvalue weighted by molar-refractivity contribution is 6.10. The van der Waals surface area contributed by atoms with Gasteiger partial charge in [0.1, 0.15) is 5.78 Å². The van der Waals surface area contributed by atoms with E-state index in [2.05, 4.69) is 0 Å². The summed E-state index contributed by atoms with van der Waals surface area (Å²) < 4.78 is 0. The molecule has 1 aromatic heterocycles. The van der Waals surface area contributed by atoms with Gasteiger partial charge >= 0.3 is 0 Å². The fourth-order valence-electron chi connectivity index (χ4n) is 4.14. The van der Waals surface area contributed by atoms with Crippen LogP contribution in [0.2, 0.25) is 0 Å². The fraction of sp³-hybridized carbons (Fsp3) is 0.115. The van der Waals surface area contributed by atoms with Crippen molar-refractivity contribution in [2.45, 2.75) is 19.8 Å². The van der Waals surface area contributed by atoms with Gasteiger partial charge in [-0.3, -0.25) is 9.59 Å². The van der Waals surface area contributed by atoms with E-state index in [0.717, 1.165) is 16.7 Å². The van der Waals surface area contributed by atoms with Crippen LogP contribution in [0.4, 0.5) is 0 Å². The van der Waals surface area contributed by atoms with Crippen molar-refractivity contribution in [1.29, 1.82) is 0 Å². The maximum Gasteiger partial charge on any atom is 0.249 e. The first kappa shape index (κ1) is 19.5. The molecule has 2 N–H and O–H groups in total. The Bertz CT molecular complexity index is 1250. The third-order valence-electron chi connectivity index (χ3n) is 5.43. The first-order valence-electron chi connectivity index (χ1n) is 9.83. The number of Topliss-reactive ketones (excluding diaryl/α,β-unsaturated/α-hetero) is 1. The smallest absolute Gasteiger partial charge is 0.249 e. The molecule has 0 aliphatic rings. The quantitative estimate of drug-likeness (QED) is 0.516. The highest BCUT2D eigenvalue weighted by atomic mass is 16.1. The number of amides is 1. The van der Waals surface area contributed by atoms with Crippen LogP contribution in [0.15, 0.2) is 78.9 Å². The molecule has 4 aromatic rings. The highest BCUT2D eigenvalue weighted by Gasteiger charge is 2.26. The van der Waals surface area contributed by atoms with Gasteiger partial charge in [-0.25, -0.2) is 4.98 Å². The molecule has 0 saturated heterocycles. The zero-order valence-electron chi connectivity index (χ0n) is 16.9. The van der Waals surface area contributed by atoms with E-state index in [9.17, 15) is 9.59 Å². The van der Waals surface area contributed by atoms with Gasteiger partial charge < -0.3 is 5.73 Å². The van der Waals surface area contributed by atoms with E-state index in [-0.39, 0.29) is 5.78 Å². The van der Waals surface area contributed by atoms with Crippen LogP contribution in [-0.2, 0) is 4.79 Å². The summed E-state index contributed by atoms with van der Waals surface area (Å²) >= 11 is 0. The second-order valence-corrected chi connectivity index (χ2v) is 7.39. The number of hydrogen-bond donors (Lipinski definition) is 1. The molecular formula is C26H22N2O2. The minimum atomic E-state index is -0.528. The molecule has 4 heteroatoms. The zero-order valence-corrected chi connectivity index (χ0v) is 16.9. The number of primary amides is 1. The van der Waals surface area contributed by atoms with E-state index >= 15 is 0 Å². The molecule has 148 valence electrons. The van der Waals surface area contributed by atoms with Gasteiger partial charge in [-0.05, 0) is 36.6 Å². The number of nitrogens with two attached hydrogens (primary N) is 1. The summed E-state index contributed by atoms with van der Waals surface area (Å²) in [6.45, 7) is 3.43. The topological polar surface area (TPSA) is 73.1 Å². The predicted molar refractivity (Wildman–Crippen MR) is 119 cm³/mol. The van der Waals surface area contributed by atoms with Crippen LogP contribution in [0.5, 0.6) is 0 Å². The van der Waals surface area contributed by atoms with E-state index in [1.54, 1.807) is 6.92 Å². The molecule has 1 unspecified atom stereocenters. The Morgan fingerprint density at radius 2 is 1.50 bits per heavy atom. The van der Waals surface area contributed by atoms with Gasteiger partial charge in [0, 0.05) is 10.9 Å². The Balaban J connectivity index is 2.07. The van der Waals surface area contributed by atoms with E-state index in [1.807, 2.05) is 85.8 Å². The number of carbonyl (C=O) groups excluding carboxylic acids is 2. The number of hydrogen-bond acceptors (Lipinski definition) is 3. The standard InChI is InChI=1S/C26H22N2O2/c1-16-22(26(27)30)24-20(23(17(2)29)18-10-5-3-6-11-18)14-9-15-21(24)28-25(16)19-12-7-4-8-13-19/h3-15,23H,1-2H3,(H2,27,30). The van der Waals surface area contributed by atoms with E-state index in [0.29, 0.717) is 27.7 Å². The molecule has 0 saturated carbocycles. The average molecular weight is 394 g/mol. The lowest BCUT2D eigenvalue weighted by molar-refractivity contribution is -0.117. The second-order valence-electron chi connectivity index (χ2n) is 7.39. The Kier molecular flexibility index (Phi) is 5.15. The number of nitrogens with zero attached hydrogens (tertiary/aromatic N) is 1. The van der Waals surface area contributed by atoms with Crippen LogP contribution in [0.25, 0.3) is 22.2 Å². The van der Waals surface area contributed by atoms with E-state index in [1.165, 1.54) is 0 Å². The van der Waals surface area contributed by atoms with Crippen molar-refractivity contribution in [3.63, 3.8) is 0 Å². The average Bonchev–Trinajstić information content (AvgIpc) is 2.74. The Labute approximate surface area is 175 Å². The first-order valence-corrected chi connectivity index (χ1v) is 9.83. The molecular weight excluding hydrogens is 372 g/mol. The number of ketones is 1. The maximum atomic E-state index is 12.7. The molecule has 30 heavy (non-hydrogen) atoms.